The minimum atomic E-state index is -4.60. The molecule has 0 aliphatic heterocycles. The number of aromatic nitrogens is 1. The average molecular weight is 261 g/mol. The predicted molar refractivity (Wildman–Crippen MR) is 49.8 cm³/mol. The number of nitrogens with zero attached hydrogens (tertiary/aromatic N) is 1. The summed E-state index contributed by atoms with van der Waals surface area (Å²) in [4.78, 5) is 15.9. The number of carbonyl (C=O) groups is 1. The number of alkyl halides is 3. The van der Waals surface area contributed by atoms with Crippen molar-refractivity contribution in [1.82, 2.24) is 9.82 Å². The van der Waals surface area contributed by atoms with Crippen molar-refractivity contribution in [1.29, 1.82) is 0 Å². The van der Waals surface area contributed by atoms with Gasteiger partial charge in [0.2, 0.25) is 0 Å². The molecule has 1 rings (SSSR count). The van der Waals surface area contributed by atoms with Crippen LogP contribution >= 0.6 is 24.2 Å². The van der Waals surface area contributed by atoms with Gasteiger partial charge < -0.3 is 0 Å². The number of carbonyl (C=O) groups excluding carboxylic acids is 1. The molecule has 84 valence electrons. The van der Waals surface area contributed by atoms with Crippen molar-refractivity contribution < 1.29 is 18.0 Å². The molecule has 8 heteroatoms. The Morgan fingerprint density at radius 1 is 1.47 bits per heavy atom. The smallest absolute Gasteiger partial charge is 0.268 e. The molecule has 0 aliphatic carbocycles. The van der Waals surface area contributed by atoms with Gasteiger partial charge in [-0.05, 0) is 6.07 Å². The quantitative estimate of drug-likeness (QED) is 0.788. The van der Waals surface area contributed by atoms with Gasteiger partial charge in [0, 0.05) is 24.2 Å². The highest BCUT2D eigenvalue weighted by Gasteiger charge is 2.35. The lowest BCUT2D eigenvalue weighted by atomic mass is 10.1. The Balaban J connectivity index is 0.00000196. The van der Waals surface area contributed by atoms with Crippen LogP contribution in [0.3, 0.4) is 0 Å². The van der Waals surface area contributed by atoms with Crippen LogP contribution in [0, 0.1) is 0 Å². The Kier molecular flexibility index (Phi) is 4.83. The van der Waals surface area contributed by atoms with Gasteiger partial charge in [0.1, 0.15) is 0 Å². The van der Waals surface area contributed by atoms with Crippen LogP contribution in [0.4, 0.5) is 13.2 Å². The summed E-state index contributed by atoms with van der Waals surface area (Å²) in [5.41, 5.74) is -1.67. The molecule has 1 heterocycles. The van der Waals surface area contributed by atoms with Gasteiger partial charge in [-0.3, -0.25) is 14.6 Å². The van der Waals surface area contributed by atoms with Gasteiger partial charge in [-0.15, -0.1) is 12.4 Å². The minimum absolute atomic E-state index is 0. The molecule has 1 amide bonds. The highest BCUT2D eigenvalue weighted by Crippen LogP contribution is 2.31. The fourth-order valence-electron chi connectivity index (χ4n) is 0.873. The van der Waals surface area contributed by atoms with E-state index in [-0.39, 0.29) is 12.4 Å². The molecular weight excluding hydrogens is 256 g/mol. The number of halogens is 5. The molecule has 0 spiro atoms. The summed E-state index contributed by atoms with van der Waals surface area (Å²) in [6.45, 7) is 0. The Morgan fingerprint density at radius 2 is 2.07 bits per heavy atom. The molecule has 0 aliphatic rings. The molecule has 0 radical (unpaired) electrons. The van der Waals surface area contributed by atoms with Crippen molar-refractivity contribution in [2.75, 3.05) is 0 Å². The van der Waals surface area contributed by atoms with Gasteiger partial charge in [0.05, 0.1) is 11.1 Å². The second-order valence-electron chi connectivity index (χ2n) is 2.34. The SMILES string of the molecule is Cl.O=C(NCl)c1cnccc1C(F)(F)F. The number of nitrogens with one attached hydrogen (secondary N) is 1. The van der Waals surface area contributed by atoms with Gasteiger partial charge in [0.15, 0.2) is 0 Å². The first-order valence-corrected chi connectivity index (χ1v) is 3.77. The Labute approximate surface area is 94.2 Å². The highest BCUT2D eigenvalue weighted by atomic mass is 35.5. The number of hydrogen-bond donors (Lipinski definition) is 1. The first kappa shape index (κ1) is 14.0. The zero-order valence-corrected chi connectivity index (χ0v) is 8.58. The van der Waals surface area contributed by atoms with E-state index in [1.165, 1.54) is 0 Å². The van der Waals surface area contributed by atoms with Crippen molar-refractivity contribution in [3.05, 3.63) is 29.6 Å². The maximum atomic E-state index is 12.3. The first-order chi connectivity index (χ1) is 6.46. The lowest BCUT2D eigenvalue weighted by Crippen LogP contribution is -2.19. The van der Waals surface area contributed by atoms with Gasteiger partial charge in [0.25, 0.3) is 5.91 Å². The van der Waals surface area contributed by atoms with E-state index in [0.29, 0.717) is 6.07 Å². The Hall–Kier alpha value is -1.01. The zero-order chi connectivity index (χ0) is 10.8. The second kappa shape index (κ2) is 5.18. The largest absolute Gasteiger partial charge is 0.417 e. The lowest BCUT2D eigenvalue weighted by Gasteiger charge is -2.09. The van der Waals surface area contributed by atoms with E-state index in [2.05, 4.69) is 4.98 Å². The van der Waals surface area contributed by atoms with E-state index < -0.39 is 23.2 Å². The summed E-state index contributed by atoms with van der Waals surface area (Å²) in [6.07, 6.45) is -2.84. The van der Waals surface area contributed by atoms with E-state index in [1.807, 2.05) is 0 Å². The fourth-order valence-corrected chi connectivity index (χ4v) is 0.975. The molecule has 0 atom stereocenters. The maximum Gasteiger partial charge on any atom is 0.417 e. The van der Waals surface area contributed by atoms with E-state index in [4.69, 9.17) is 11.8 Å². The number of pyridine rings is 1. The molecule has 1 aromatic heterocycles. The van der Waals surface area contributed by atoms with Gasteiger partial charge in [-0.2, -0.15) is 13.2 Å². The van der Waals surface area contributed by atoms with Crippen molar-refractivity contribution in [3.8, 4) is 0 Å². The van der Waals surface area contributed by atoms with Gasteiger partial charge in [-0.25, -0.2) is 0 Å². The third kappa shape index (κ3) is 3.24. The number of hydrogen-bond acceptors (Lipinski definition) is 2. The predicted octanol–water partition coefficient (Wildman–Crippen LogP) is 2.41. The molecule has 1 N–H and O–H groups in total. The van der Waals surface area contributed by atoms with E-state index in [1.54, 1.807) is 4.84 Å². The van der Waals surface area contributed by atoms with Gasteiger partial charge in [-0.1, -0.05) is 0 Å². The average Bonchev–Trinajstić information content (AvgIpc) is 2.15. The van der Waals surface area contributed by atoms with Crippen molar-refractivity contribution in [2.45, 2.75) is 6.18 Å². The Morgan fingerprint density at radius 3 is 2.53 bits per heavy atom. The molecule has 0 fully saturated rings. The highest BCUT2D eigenvalue weighted by molar-refractivity contribution is 6.24. The Bertz CT molecular complexity index is 356. The lowest BCUT2D eigenvalue weighted by molar-refractivity contribution is -0.138. The summed E-state index contributed by atoms with van der Waals surface area (Å²) < 4.78 is 36.9. The monoisotopic (exact) mass is 260 g/mol. The zero-order valence-electron chi connectivity index (χ0n) is 7.01. The van der Waals surface area contributed by atoms with Crippen LogP contribution in [0.1, 0.15) is 15.9 Å². The van der Waals surface area contributed by atoms with Crippen molar-refractivity contribution in [3.63, 3.8) is 0 Å². The van der Waals surface area contributed by atoms with Crippen LogP contribution in [0.25, 0.3) is 0 Å². The van der Waals surface area contributed by atoms with E-state index in [0.717, 1.165) is 12.4 Å². The topological polar surface area (TPSA) is 42.0 Å². The minimum Gasteiger partial charge on any atom is -0.268 e. The summed E-state index contributed by atoms with van der Waals surface area (Å²) in [5.74, 6) is -1.04. The van der Waals surface area contributed by atoms with E-state index in [9.17, 15) is 18.0 Å². The second-order valence-corrected chi connectivity index (χ2v) is 2.53. The third-order valence-electron chi connectivity index (χ3n) is 1.46. The molecular formula is C7H5Cl2F3N2O. The van der Waals surface area contributed by atoms with Crippen LogP contribution in [-0.4, -0.2) is 10.9 Å². The van der Waals surface area contributed by atoms with Crippen LogP contribution < -0.4 is 4.84 Å². The summed E-state index contributed by atoms with van der Waals surface area (Å²) in [5, 5.41) is 0. The molecule has 0 saturated carbocycles. The van der Waals surface area contributed by atoms with Crippen LogP contribution in [0.5, 0.6) is 0 Å². The molecule has 1 aromatic rings. The maximum absolute atomic E-state index is 12.3. The summed E-state index contributed by atoms with van der Waals surface area (Å²) in [7, 11) is 0. The molecule has 0 unspecified atom stereocenters. The molecule has 0 aromatic carbocycles. The first-order valence-electron chi connectivity index (χ1n) is 3.39. The summed E-state index contributed by atoms with van der Waals surface area (Å²) in [6, 6.07) is 0.710. The molecule has 0 bridgehead atoms. The summed E-state index contributed by atoms with van der Waals surface area (Å²) >= 11 is 4.91. The van der Waals surface area contributed by atoms with Crippen molar-refractivity contribution in [2.24, 2.45) is 0 Å². The standard InChI is InChI=1S/C7H4ClF3N2O.ClH/c8-13-6(14)4-3-12-2-1-5(4)7(9,10)11;/h1-3H,(H,13,14);1H. The number of amides is 1. The van der Waals surface area contributed by atoms with Crippen LogP contribution in [-0.2, 0) is 6.18 Å². The molecule has 0 saturated heterocycles. The fraction of sp³-hybridized carbons (Fsp3) is 0.143. The van der Waals surface area contributed by atoms with Crippen LogP contribution in [0.15, 0.2) is 18.5 Å². The van der Waals surface area contributed by atoms with E-state index >= 15 is 0 Å². The van der Waals surface area contributed by atoms with Crippen molar-refractivity contribution >= 4 is 30.1 Å². The molecule has 3 nitrogen and oxygen atoms in total. The third-order valence-corrected chi connectivity index (χ3v) is 1.63. The molecule has 15 heavy (non-hydrogen) atoms. The number of rotatable bonds is 1. The normalized spacial score (nSPS) is 10.4. The van der Waals surface area contributed by atoms with Gasteiger partial charge >= 0.3 is 6.18 Å². The van der Waals surface area contributed by atoms with Crippen LogP contribution in [0.2, 0.25) is 0 Å².